The van der Waals surface area contributed by atoms with Crippen LogP contribution >= 0.6 is 35.3 Å². The van der Waals surface area contributed by atoms with Crippen molar-refractivity contribution in [3.8, 4) is 11.5 Å². The second-order valence-electron chi connectivity index (χ2n) is 7.57. The van der Waals surface area contributed by atoms with Crippen molar-refractivity contribution in [3.05, 3.63) is 39.3 Å². The van der Waals surface area contributed by atoms with E-state index >= 15 is 0 Å². The fraction of sp³-hybridized carbons (Fsp3) is 0.545. The lowest BCUT2D eigenvalue weighted by molar-refractivity contribution is 0.353. The first-order chi connectivity index (χ1) is 13.8. The minimum absolute atomic E-state index is 0. The van der Waals surface area contributed by atoms with Crippen molar-refractivity contribution in [2.75, 3.05) is 33.9 Å². The molecule has 1 aromatic carbocycles. The van der Waals surface area contributed by atoms with Gasteiger partial charge in [0.25, 0.3) is 0 Å². The van der Waals surface area contributed by atoms with Crippen LogP contribution in [0.5, 0.6) is 11.5 Å². The molecule has 2 aromatic rings. The van der Waals surface area contributed by atoms with Gasteiger partial charge in [-0.15, -0.1) is 35.3 Å². The minimum Gasteiger partial charge on any atom is -0.493 e. The molecule has 0 saturated carbocycles. The number of aromatic nitrogens is 1. The van der Waals surface area contributed by atoms with E-state index in [-0.39, 0.29) is 29.4 Å². The number of aryl methyl sites for hydroxylation is 2. The Morgan fingerprint density at radius 3 is 2.40 bits per heavy atom. The van der Waals surface area contributed by atoms with E-state index in [0.29, 0.717) is 6.54 Å². The fourth-order valence-electron chi connectivity index (χ4n) is 2.90. The molecule has 1 heterocycles. The van der Waals surface area contributed by atoms with Crippen molar-refractivity contribution < 1.29 is 9.47 Å². The summed E-state index contributed by atoms with van der Waals surface area (Å²) >= 11 is 1.77. The maximum absolute atomic E-state index is 5.45. The molecule has 0 atom stereocenters. The van der Waals surface area contributed by atoms with Gasteiger partial charge in [0.15, 0.2) is 17.5 Å². The van der Waals surface area contributed by atoms with Gasteiger partial charge in [-0.05, 0) is 38.5 Å². The molecule has 0 unspecified atom stereocenters. The molecule has 2 rings (SSSR count). The van der Waals surface area contributed by atoms with Gasteiger partial charge in [-0.1, -0.05) is 19.9 Å². The lowest BCUT2D eigenvalue weighted by atomic mass is 9.84. The molecule has 2 N–H and O–H groups in total. The number of methoxy groups -OCH3 is 2. The molecule has 0 radical (unpaired) electrons. The summed E-state index contributed by atoms with van der Waals surface area (Å²) in [6, 6.07) is 6.05. The second kappa shape index (κ2) is 12.3. The topological polar surface area (TPSA) is 67.8 Å². The molecule has 1 aromatic heterocycles. The van der Waals surface area contributed by atoms with Crippen molar-refractivity contribution in [2.24, 2.45) is 4.99 Å². The van der Waals surface area contributed by atoms with E-state index in [1.807, 2.05) is 12.1 Å². The first-order valence-electron chi connectivity index (χ1n) is 9.98. The summed E-state index contributed by atoms with van der Waals surface area (Å²) in [4.78, 5) is 10.7. The van der Waals surface area contributed by atoms with E-state index in [0.717, 1.165) is 53.2 Å². The summed E-state index contributed by atoms with van der Waals surface area (Å²) < 4.78 is 10.8. The van der Waals surface area contributed by atoms with E-state index < -0.39 is 0 Å². The standard InChI is InChI=1S/C22H34N4O2S.HI/c1-8-23-21(24-12-11-20-26-15(2)16(3)29-20)25-14-22(4,5)17-9-10-18(27-6)19(13-17)28-7;/h9-10,13H,8,11-12,14H2,1-7H3,(H2,23,24,25);1H. The van der Waals surface area contributed by atoms with Gasteiger partial charge in [-0.2, -0.15) is 0 Å². The lowest BCUT2D eigenvalue weighted by Gasteiger charge is -2.25. The Morgan fingerprint density at radius 2 is 1.83 bits per heavy atom. The van der Waals surface area contributed by atoms with Gasteiger partial charge in [-0.25, -0.2) is 4.98 Å². The molecule has 0 aliphatic rings. The predicted molar refractivity (Wildman–Crippen MR) is 137 cm³/mol. The molecule has 0 amide bonds. The summed E-state index contributed by atoms with van der Waals surface area (Å²) in [6.45, 7) is 12.9. The maximum atomic E-state index is 5.45. The Labute approximate surface area is 201 Å². The number of halogens is 1. The van der Waals surface area contributed by atoms with Crippen LogP contribution < -0.4 is 20.1 Å². The van der Waals surface area contributed by atoms with Gasteiger partial charge in [0.05, 0.1) is 31.5 Å². The number of hydrogen-bond donors (Lipinski definition) is 2. The highest BCUT2D eigenvalue weighted by molar-refractivity contribution is 14.0. The van der Waals surface area contributed by atoms with Gasteiger partial charge < -0.3 is 20.1 Å². The zero-order valence-electron chi connectivity index (χ0n) is 19.1. The molecule has 0 saturated heterocycles. The van der Waals surface area contributed by atoms with Crippen molar-refractivity contribution in [2.45, 2.75) is 46.5 Å². The normalized spacial score (nSPS) is 11.6. The van der Waals surface area contributed by atoms with Gasteiger partial charge in [0.1, 0.15) is 0 Å². The molecule has 0 spiro atoms. The van der Waals surface area contributed by atoms with Crippen LogP contribution in [0, 0.1) is 13.8 Å². The SMILES string of the molecule is CCNC(=NCC(C)(C)c1ccc(OC)c(OC)c1)NCCc1nc(C)c(C)s1.I. The predicted octanol–water partition coefficient (Wildman–Crippen LogP) is 4.47. The van der Waals surface area contributed by atoms with Crippen LogP contribution in [0.4, 0.5) is 0 Å². The van der Waals surface area contributed by atoms with Crippen LogP contribution in [-0.2, 0) is 11.8 Å². The number of nitrogens with zero attached hydrogens (tertiary/aromatic N) is 2. The molecule has 30 heavy (non-hydrogen) atoms. The average Bonchev–Trinajstić information content (AvgIpc) is 3.02. The number of guanidine groups is 1. The van der Waals surface area contributed by atoms with Gasteiger partial charge >= 0.3 is 0 Å². The van der Waals surface area contributed by atoms with Gasteiger partial charge in [0, 0.05) is 29.8 Å². The van der Waals surface area contributed by atoms with Crippen LogP contribution in [-0.4, -0.2) is 44.8 Å². The number of hydrogen-bond acceptors (Lipinski definition) is 5. The molecular weight excluding hydrogens is 511 g/mol. The van der Waals surface area contributed by atoms with Crippen LogP contribution in [0.2, 0.25) is 0 Å². The molecule has 0 fully saturated rings. The van der Waals surface area contributed by atoms with Gasteiger partial charge in [0.2, 0.25) is 0 Å². The first-order valence-corrected chi connectivity index (χ1v) is 10.8. The number of aliphatic imine (C=N–C) groups is 1. The van der Waals surface area contributed by atoms with E-state index in [1.54, 1.807) is 25.6 Å². The summed E-state index contributed by atoms with van der Waals surface area (Å²) in [7, 11) is 3.31. The third-order valence-corrected chi connectivity index (χ3v) is 5.98. The van der Waals surface area contributed by atoms with Crippen LogP contribution in [0.3, 0.4) is 0 Å². The van der Waals surface area contributed by atoms with E-state index in [4.69, 9.17) is 14.5 Å². The highest BCUT2D eigenvalue weighted by atomic mass is 127. The number of thiazole rings is 1. The summed E-state index contributed by atoms with van der Waals surface area (Å²) in [6.07, 6.45) is 0.892. The Kier molecular flexibility index (Phi) is 10.9. The third kappa shape index (κ3) is 7.30. The molecule has 168 valence electrons. The van der Waals surface area contributed by atoms with Crippen LogP contribution in [0.25, 0.3) is 0 Å². The summed E-state index contributed by atoms with van der Waals surface area (Å²) in [5, 5.41) is 7.91. The zero-order valence-corrected chi connectivity index (χ0v) is 22.2. The number of nitrogens with one attached hydrogen (secondary N) is 2. The van der Waals surface area contributed by atoms with E-state index in [2.05, 4.69) is 56.3 Å². The molecule has 6 nitrogen and oxygen atoms in total. The summed E-state index contributed by atoms with van der Waals surface area (Å²) in [5.41, 5.74) is 2.14. The zero-order chi connectivity index (χ0) is 21.4. The molecule has 0 aliphatic carbocycles. The van der Waals surface area contributed by atoms with Crippen molar-refractivity contribution in [1.82, 2.24) is 15.6 Å². The molecule has 0 bridgehead atoms. The average molecular weight is 547 g/mol. The highest BCUT2D eigenvalue weighted by Crippen LogP contribution is 2.33. The fourth-order valence-corrected chi connectivity index (χ4v) is 3.83. The second-order valence-corrected chi connectivity index (χ2v) is 8.86. The molecule has 8 heteroatoms. The van der Waals surface area contributed by atoms with Crippen molar-refractivity contribution >= 4 is 41.3 Å². The lowest BCUT2D eigenvalue weighted by Crippen LogP contribution is -2.39. The van der Waals surface area contributed by atoms with E-state index in [1.165, 1.54) is 4.88 Å². The van der Waals surface area contributed by atoms with Crippen LogP contribution in [0.1, 0.15) is 41.9 Å². The molecular formula is C22H35IN4O2S. The largest absolute Gasteiger partial charge is 0.493 e. The third-order valence-electron chi connectivity index (χ3n) is 4.85. The highest BCUT2D eigenvalue weighted by Gasteiger charge is 2.22. The van der Waals surface area contributed by atoms with Gasteiger partial charge in [-0.3, -0.25) is 4.99 Å². The number of rotatable bonds is 9. The minimum atomic E-state index is -0.147. The Morgan fingerprint density at radius 1 is 1.13 bits per heavy atom. The Balaban J connectivity index is 0.00000450. The summed E-state index contributed by atoms with van der Waals surface area (Å²) in [5.74, 6) is 2.30. The smallest absolute Gasteiger partial charge is 0.191 e. The number of benzene rings is 1. The quantitative estimate of drug-likeness (QED) is 0.276. The van der Waals surface area contributed by atoms with Crippen LogP contribution in [0.15, 0.2) is 23.2 Å². The first kappa shape index (κ1) is 26.5. The van der Waals surface area contributed by atoms with Crippen molar-refractivity contribution in [1.29, 1.82) is 0 Å². The monoisotopic (exact) mass is 546 g/mol. The number of ether oxygens (including phenoxy) is 2. The Hall–Kier alpha value is -1.55. The maximum Gasteiger partial charge on any atom is 0.191 e. The van der Waals surface area contributed by atoms with Crippen molar-refractivity contribution in [3.63, 3.8) is 0 Å². The van der Waals surface area contributed by atoms with E-state index in [9.17, 15) is 0 Å². The molecule has 0 aliphatic heterocycles. The Bertz CT molecular complexity index is 817.